The van der Waals surface area contributed by atoms with Gasteiger partial charge >= 0.3 is 112 Å². The number of hydrogen-bond acceptors (Lipinski definition) is 1. The average molecular weight is 423 g/mol. The minimum atomic E-state index is -0.997. The number of halogens is 2. The Morgan fingerprint density at radius 1 is 1.43 bits per heavy atom. The zero-order valence-electron chi connectivity index (χ0n) is 9.98. The number of alkyl halides is 3. The molecule has 0 aliphatic rings. The van der Waals surface area contributed by atoms with Crippen LogP contribution >= 0.6 is 42.7 Å². The molecule has 0 spiro atoms. The van der Waals surface area contributed by atoms with E-state index in [1.807, 2.05) is 0 Å². The molecule has 0 aromatic rings. The Hall–Kier alpha value is 1.00. The Morgan fingerprint density at radius 3 is 2.21 bits per heavy atom. The Labute approximate surface area is 111 Å². The van der Waals surface area contributed by atoms with Gasteiger partial charge in [0.05, 0.1) is 0 Å². The third kappa shape index (κ3) is 4.68. The molecule has 0 bridgehead atoms. The van der Waals surface area contributed by atoms with Crippen LogP contribution in [0.5, 0.6) is 0 Å². The van der Waals surface area contributed by atoms with Crippen LogP contribution in [-0.2, 0) is 0 Å². The van der Waals surface area contributed by atoms with Gasteiger partial charge in [-0.25, -0.2) is 0 Å². The molecular formula is C11H23I2N. The van der Waals surface area contributed by atoms with Crippen LogP contribution in [0.2, 0.25) is 0 Å². The van der Waals surface area contributed by atoms with Gasteiger partial charge in [0, 0.05) is 0 Å². The van der Waals surface area contributed by atoms with Gasteiger partial charge in [-0.15, -0.1) is 0 Å². The molecule has 3 heteroatoms. The second-order valence-electron chi connectivity index (χ2n) is 3.92. The van der Waals surface area contributed by atoms with Crippen molar-refractivity contribution in [2.24, 2.45) is 5.92 Å². The minimum absolute atomic E-state index is 0.807. The predicted octanol–water partition coefficient (Wildman–Crippen LogP) is 4.35. The van der Waals surface area contributed by atoms with Crippen LogP contribution in [0.1, 0.15) is 27.7 Å². The molecular weight excluding hydrogens is 400 g/mol. The van der Waals surface area contributed by atoms with Crippen molar-refractivity contribution in [1.29, 1.82) is 0 Å². The van der Waals surface area contributed by atoms with Crippen molar-refractivity contribution in [3.63, 3.8) is 0 Å². The van der Waals surface area contributed by atoms with Crippen LogP contribution in [0.25, 0.3) is 0 Å². The third-order valence-corrected chi connectivity index (χ3v) is 10.3. The topological polar surface area (TPSA) is 3.24 Å². The summed E-state index contributed by atoms with van der Waals surface area (Å²) in [4.78, 5) is 2.47. The number of rotatable bonds is 6. The summed E-state index contributed by atoms with van der Waals surface area (Å²) in [6.07, 6.45) is 0. The van der Waals surface area contributed by atoms with E-state index in [1.54, 1.807) is 0 Å². The molecule has 1 atom stereocenters. The van der Waals surface area contributed by atoms with E-state index in [0.29, 0.717) is 0 Å². The first-order valence-electron chi connectivity index (χ1n) is 4.99. The van der Waals surface area contributed by atoms with Crippen LogP contribution in [0.3, 0.4) is 0 Å². The van der Waals surface area contributed by atoms with Gasteiger partial charge in [-0.1, -0.05) is 0 Å². The normalized spacial score (nSPS) is 14.1. The quantitative estimate of drug-likeness (QED) is 0.349. The van der Waals surface area contributed by atoms with Crippen molar-refractivity contribution in [2.75, 3.05) is 15.9 Å². The van der Waals surface area contributed by atoms with Gasteiger partial charge in [0.15, 0.2) is 0 Å². The Balaban J connectivity index is 4.42. The molecule has 0 aromatic heterocycles. The molecule has 0 unspecified atom stereocenters. The van der Waals surface area contributed by atoms with Gasteiger partial charge in [0.1, 0.15) is 0 Å². The van der Waals surface area contributed by atoms with E-state index in [9.17, 15) is 0 Å². The zero-order valence-corrected chi connectivity index (χ0v) is 14.3. The number of allylic oxidation sites excluding steroid dienone is 1. The molecule has 0 saturated carbocycles. The fraction of sp³-hybridized carbons (Fsp3) is 0.818. The Morgan fingerprint density at radius 2 is 1.93 bits per heavy atom. The van der Waals surface area contributed by atoms with Gasteiger partial charge in [-0.2, -0.15) is 0 Å². The molecule has 86 valence electrons. The van der Waals surface area contributed by atoms with Crippen molar-refractivity contribution < 1.29 is 0 Å². The van der Waals surface area contributed by atoms with Crippen LogP contribution in [-0.4, -0.2) is 22.9 Å². The summed E-state index contributed by atoms with van der Waals surface area (Å²) < 4.78 is 4.66. The van der Waals surface area contributed by atoms with Crippen molar-refractivity contribution in [1.82, 2.24) is 3.11 Å². The van der Waals surface area contributed by atoms with Gasteiger partial charge in [-0.05, 0) is 0 Å². The van der Waals surface area contributed by atoms with Gasteiger partial charge < -0.3 is 0 Å². The molecule has 14 heavy (non-hydrogen) atoms. The van der Waals surface area contributed by atoms with Crippen LogP contribution in [0.4, 0.5) is 0 Å². The van der Waals surface area contributed by atoms with Crippen molar-refractivity contribution in [3.8, 4) is 0 Å². The molecule has 0 fully saturated rings. The van der Waals surface area contributed by atoms with E-state index in [1.165, 1.54) is 16.7 Å². The molecule has 1 nitrogen and oxygen atoms in total. The number of nitrogens with zero attached hydrogens (tertiary/aromatic N) is 1. The zero-order chi connectivity index (χ0) is 11.3. The first-order valence-corrected chi connectivity index (χ1v) is 10.9. The van der Waals surface area contributed by atoms with Crippen LogP contribution in [0, 0.1) is 5.92 Å². The fourth-order valence-corrected chi connectivity index (χ4v) is 8.03. The third-order valence-electron chi connectivity index (χ3n) is 2.43. The molecule has 0 aliphatic heterocycles. The maximum absolute atomic E-state index is 4.10. The SMILES string of the molecule is C=C(C)N(CCI)I(C)[C@H](C)C(C)C. The standard InChI is InChI=1S/C11H23I2N/c1-9(2)11(5)13(6)14(8-7-12)10(3)4/h9,11H,3,7-8H2,1-2,4-6H3/t11-/m1/s1. The van der Waals surface area contributed by atoms with E-state index in [4.69, 9.17) is 0 Å². The molecule has 0 heterocycles. The van der Waals surface area contributed by atoms with E-state index in [2.05, 4.69) is 64.9 Å². The molecule has 0 aliphatic carbocycles. The Bertz CT molecular complexity index is 180. The van der Waals surface area contributed by atoms with E-state index in [0.717, 1.165) is 9.84 Å². The monoisotopic (exact) mass is 423 g/mol. The second kappa shape index (κ2) is 7.30. The first kappa shape index (κ1) is 15.0. The van der Waals surface area contributed by atoms with Crippen molar-refractivity contribution in [2.45, 2.75) is 31.6 Å². The molecule has 0 saturated heterocycles. The second-order valence-corrected chi connectivity index (χ2v) is 10.9. The Kier molecular flexibility index (Phi) is 7.82. The van der Waals surface area contributed by atoms with Crippen LogP contribution in [0.15, 0.2) is 12.3 Å². The summed E-state index contributed by atoms with van der Waals surface area (Å²) in [7, 11) is 0. The summed E-state index contributed by atoms with van der Waals surface area (Å²) in [5.74, 6) is 0.807. The predicted molar refractivity (Wildman–Crippen MR) is 84.7 cm³/mol. The summed E-state index contributed by atoms with van der Waals surface area (Å²) in [6, 6.07) is 0. The summed E-state index contributed by atoms with van der Waals surface area (Å²) in [5, 5.41) is 0. The fourth-order valence-electron chi connectivity index (χ4n) is 1.18. The molecule has 0 radical (unpaired) electrons. The summed E-state index contributed by atoms with van der Waals surface area (Å²) >= 11 is 1.46. The van der Waals surface area contributed by atoms with Gasteiger partial charge in [-0.3, -0.25) is 0 Å². The molecule has 0 amide bonds. The average Bonchev–Trinajstić information content (AvgIpc) is 2.11. The molecule has 0 aromatic carbocycles. The molecule has 0 N–H and O–H groups in total. The van der Waals surface area contributed by atoms with E-state index in [-0.39, 0.29) is 0 Å². The van der Waals surface area contributed by atoms with Gasteiger partial charge in [0.25, 0.3) is 0 Å². The first-order chi connectivity index (χ1) is 6.41. The molecule has 0 rings (SSSR count). The number of hydrogen-bond donors (Lipinski definition) is 0. The van der Waals surface area contributed by atoms with Crippen molar-refractivity contribution in [3.05, 3.63) is 12.3 Å². The maximum atomic E-state index is 4.10. The van der Waals surface area contributed by atoms with Crippen molar-refractivity contribution >= 4 is 42.7 Å². The summed E-state index contributed by atoms with van der Waals surface area (Å²) in [5.41, 5.74) is 1.27. The summed E-state index contributed by atoms with van der Waals surface area (Å²) in [6.45, 7) is 14.5. The van der Waals surface area contributed by atoms with Crippen LogP contribution < -0.4 is 0 Å². The van der Waals surface area contributed by atoms with E-state index < -0.39 is 20.1 Å². The van der Waals surface area contributed by atoms with E-state index >= 15 is 0 Å². The van der Waals surface area contributed by atoms with Gasteiger partial charge in [0.2, 0.25) is 0 Å².